The molecule has 0 bridgehead atoms. The maximum atomic E-state index is 11.5. The van der Waals surface area contributed by atoms with Crippen LogP contribution in [-0.4, -0.2) is 53.5 Å². The lowest BCUT2D eigenvalue weighted by Gasteiger charge is -2.11. The highest BCUT2D eigenvalue weighted by Crippen LogP contribution is 2.39. The number of ether oxygens (including phenoxy) is 4. The monoisotopic (exact) mass is 775 g/mol. The Hall–Kier alpha value is -3.95. The largest absolute Gasteiger partial charge is 0.487 e. The Labute approximate surface area is 306 Å². The van der Waals surface area contributed by atoms with Crippen LogP contribution in [0.1, 0.15) is 16.7 Å². The first-order valence-corrected chi connectivity index (χ1v) is 15.6. The molecule has 0 fully saturated rings. The number of nitrogens with two attached hydrogens (primary N) is 1. The molecule has 0 saturated heterocycles. The first-order valence-electron chi connectivity index (χ1n) is 13.7. The molecule has 0 unspecified atom stereocenters. The SMILES string of the molecule is COCC(=O)Cl.COCC(=O)Nc1cc(COc2ccc(C)c(Cl)c2Cl)ccn1.Nc1cc(COc2ccc([N+](=O)[O-])c(Cl)c2Cl)ccn1. The molecule has 0 spiro atoms. The lowest BCUT2D eigenvalue weighted by atomic mass is 10.2. The molecule has 2 heterocycles. The third-order valence-electron chi connectivity index (χ3n) is 5.72. The Balaban J connectivity index is 0.000000294. The van der Waals surface area contributed by atoms with Gasteiger partial charge in [-0.05, 0) is 71.6 Å². The number of aryl methyl sites for hydroxylation is 1. The van der Waals surface area contributed by atoms with Crippen LogP contribution in [0.3, 0.4) is 0 Å². The maximum absolute atomic E-state index is 11.5. The van der Waals surface area contributed by atoms with Gasteiger partial charge in [-0.3, -0.25) is 19.7 Å². The van der Waals surface area contributed by atoms with E-state index < -0.39 is 10.2 Å². The molecule has 3 N–H and O–H groups in total. The van der Waals surface area contributed by atoms with Gasteiger partial charge in [-0.25, -0.2) is 9.97 Å². The molecule has 1 amide bonds. The van der Waals surface area contributed by atoms with Crippen molar-refractivity contribution in [3.63, 3.8) is 0 Å². The highest BCUT2D eigenvalue weighted by atomic mass is 35.5. The number of hydrogen-bond acceptors (Lipinski definition) is 11. The van der Waals surface area contributed by atoms with E-state index in [1.165, 1.54) is 26.4 Å². The van der Waals surface area contributed by atoms with Crippen molar-refractivity contribution < 1.29 is 33.5 Å². The molecule has 2 aromatic heterocycles. The second-order valence-electron chi connectivity index (χ2n) is 9.46. The first kappa shape index (κ1) is 41.2. The number of nitrogen functional groups attached to an aromatic ring is 1. The van der Waals surface area contributed by atoms with Gasteiger partial charge in [0.2, 0.25) is 5.24 Å². The average molecular weight is 778 g/mol. The number of pyridine rings is 2. The van der Waals surface area contributed by atoms with Crippen molar-refractivity contribution in [2.75, 3.05) is 38.5 Å². The molecule has 0 saturated carbocycles. The number of benzene rings is 2. The van der Waals surface area contributed by atoms with Gasteiger partial charge in [-0.2, -0.15) is 0 Å². The third-order valence-corrected chi connectivity index (χ3v) is 7.65. The van der Waals surface area contributed by atoms with Crippen LogP contribution in [0.15, 0.2) is 60.9 Å². The average Bonchev–Trinajstić information content (AvgIpc) is 3.05. The molecular weight excluding hydrogens is 748 g/mol. The van der Waals surface area contributed by atoms with Crippen molar-refractivity contribution in [1.82, 2.24) is 9.97 Å². The fourth-order valence-electron chi connectivity index (χ4n) is 3.48. The van der Waals surface area contributed by atoms with Gasteiger partial charge in [-0.1, -0.05) is 52.5 Å². The summed E-state index contributed by atoms with van der Waals surface area (Å²) in [5.74, 6) is 1.30. The van der Waals surface area contributed by atoms with E-state index in [9.17, 15) is 19.7 Å². The van der Waals surface area contributed by atoms with Crippen molar-refractivity contribution in [3.05, 3.63) is 108 Å². The second-order valence-corrected chi connectivity index (χ2v) is 11.4. The Bertz CT molecular complexity index is 1750. The quantitative estimate of drug-likeness (QED) is 0.0818. The van der Waals surface area contributed by atoms with Gasteiger partial charge < -0.3 is 30.0 Å². The van der Waals surface area contributed by atoms with Gasteiger partial charge >= 0.3 is 0 Å². The van der Waals surface area contributed by atoms with Gasteiger partial charge in [0.1, 0.15) is 64.6 Å². The summed E-state index contributed by atoms with van der Waals surface area (Å²) in [7, 11) is 2.87. The third kappa shape index (κ3) is 14.2. The number of nitro benzene ring substituents is 1. The molecule has 18 heteroatoms. The smallest absolute Gasteiger partial charge is 0.289 e. The molecule has 0 aliphatic carbocycles. The van der Waals surface area contributed by atoms with Crippen molar-refractivity contribution in [3.8, 4) is 11.5 Å². The van der Waals surface area contributed by atoms with E-state index in [0.29, 0.717) is 27.4 Å². The lowest BCUT2D eigenvalue weighted by molar-refractivity contribution is -0.384. The minimum atomic E-state index is -0.610. The van der Waals surface area contributed by atoms with Crippen LogP contribution in [0.2, 0.25) is 20.1 Å². The van der Waals surface area contributed by atoms with Crippen molar-refractivity contribution in [2.45, 2.75) is 20.1 Å². The molecule has 2 aromatic carbocycles. The van der Waals surface area contributed by atoms with Gasteiger partial charge in [0.15, 0.2) is 0 Å². The molecule has 0 radical (unpaired) electrons. The number of amides is 1. The van der Waals surface area contributed by atoms with Crippen LogP contribution >= 0.6 is 58.0 Å². The fraction of sp³-hybridized carbons (Fsp3) is 0.226. The van der Waals surface area contributed by atoms with Crippen LogP contribution in [0.4, 0.5) is 17.3 Å². The molecule has 49 heavy (non-hydrogen) atoms. The number of nitrogens with zero attached hydrogens (tertiary/aromatic N) is 3. The summed E-state index contributed by atoms with van der Waals surface area (Å²) in [6, 6.07) is 13.1. The molecule has 13 nitrogen and oxygen atoms in total. The number of carbonyl (C=O) groups excluding carboxylic acids is 2. The molecule has 4 rings (SSSR count). The normalized spacial score (nSPS) is 10.1. The molecular formula is C31H30Cl5N5O8. The standard InChI is InChI=1S/C16H16Cl2N2O3.C12H9Cl2N3O3.C3H5ClO2/c1-10-3-4-12(16(18)15(10)17)23-8-11-5-6-19-13(7-11)20-14(21)9-22-2;13-11-8(17(18)19)1-2-9(12(11)14)20-6-7-3-4-16-10(15)5-7;1-6-2-3(4)5/h3-7H,8-9H2,1-2H3,(H,19,20,21);1-5H,6H2,(H2,15,16);2H2,1H3. The summed E-state index contributed by atoms with van der Waals surface area (Å²) < 4.78 is 20.2. The number of hydrogen-bond donors (Lipinski definition) is 2. The van der Waals surface area contributed by atoms with Crippen molar-refractivity contribution in [2.24, 2.45) is 0 Å². The van der Waals surface area contributed by atoms with E-state index in [4.69, 9.17) is 77.9 Å². The van der Waals surface area contributed by atoms with Crippen LogP contribution < -0.4 is 20.5 Å². The Morgan fingerprint density at radius 3 is 1.90 bits per heavy atom. The number of nitro groups is 1. The Morgan fingerprint density at radius 1 is 0.816 bits per heavy atom. The van der Waals surface area contributed by atoms with Gasteiger partial charge in [0.25, 0.3) is 11.6 Å². The predicted molar refractivity (Wildman–Crippen MR) is 189 cm³/mol. The topological polar surface area (TPSA) is 178 Å². The molecule has 0 atom stereocenters. The summed E-state index contributed by atoms with van der Waals surface area (Å²) in [6.07, 6.45) is 3.14. The number of carbonyl (C=O) groups is 2. The molecule has 262 valence electrons. The number of methoxy groups -OCH3 is 2. The van der Waals surface area contributed by atoms with Crippen LogP contribution in [0, 0.1) is 17.0 Å². The van der Waals surface area contributed by atoms with Gasteiger partial charge in [0, 0.05) is 32.7 Å². The zero-order valence-corrected chi connectivity index (χ0v) is 30.0. The van der Waals surface area contributed by atoms with Crippen molar-refractivity contribution in [1.29, 1.82) is 0 Å². The number of anilines is 2. The van der Waals surface area contributed by atoms with Crippen LogP contribution in [0.5, 0.6) is 11.5 Å². The highest BCUT2D eigenvalue weighted by molar-refractivity contribution is 6.63. The minimum Gasteiger partial charge on any atom is -0.487 e. The van der Waals surface area contributed by atoms with Gasteiger partial charge in [0.05, 0.1) is 9.95 Å². The summed E-state index contributed by atoms with van der Waals surface area (Å²) >= 11 is 28.8. The maximum Gasteiger partial charge on any atom is 0.289 e. The fourth-order valence-corrected chi connectivity index (χ4v) is 4.45. The Morgan fingerprint density at radius 2 is 1.37 bits per heavy atom. The highest BCUT2D eigenvalue weighted by Gasteiger charge is 2.19. The lowest BCUT2D eigenvalue weighted by Crippen LogP contribution is -2.18. The number of nitrogens with one attached hydrogen (secondary N) is 1. The predicted octanol–water partition coefficient (Wildman–Crippen LogP) is 7.72. The van der Waals surface area contributed by atoms with E-state index >= 15 is 0 Å². The number of halogens is 5. The van der Waals surface area contributed by atoms with Crippen LogP contribution in [-0.2, 0) is 32.3 Å². The first-order chi connectivity index (χ1) is 23.3. The number of rotatable bonds is 12. The van der Waals surface area contributed by atoms with E-state index in [-0.39, 0.29) is 53.8 Å². The van der Waals surface area contributed by atoms with E-state index in [1.807, 2.05) is 13.0 Å². The van der Waals surface area contributed by atoms with E-state index in [1.54, 1.807) is 42.7 Å². The second kappa shape index (κ2) is 21.2. The zero-order valence-electron chi connectivity index (χ0n) is 26.2. The summed E-state index contributed by atoms with van der Waals surface area (Å²) in [4.78, 5) is 39.2. The number of aromatic nitrogens is 2. The van der Waals surface area contributed by atoms with E-state index in [0.717, 1.165) is 16.7 Å². The van der Waals surface area contributed by atoms with Crippen molar-refractivity contribution >= 4 is 86.5 Å². The summed E-state index contributed by atoms with van der Waals surface area (Å²) in [5, 5.41) is 13.6. The molecule has 4 aromatic rings. The summed E-state index contributed by atoms with van der Waals surface area (Å²) in [6.45, 7) is 2.31. The van der Waals surface area contributed by atoms with Crippen LogP contribution in [0.25, 0.3) is 0 Å². The zero-order chi connectivity index (χ0) is 36.5. The molecule has 0 aliphatic rings. The van der Waals surface area contributed by atoms with Gasteiger partial charge in [-0.15, -0.1) is 0 Å². The van der Waals surface area contributed by atoms with E-state index in [2.05, 4.69) is 20.0 Å². The molecule has 0 aliphatic heterocycles. The Kier molecular flexibility index (Phi) is 17.8. The minimum absolute atomic E-state index is 0.00154. The summed E-state index contributed by atoms with van der Waals surface area (Å²) in [5.41, 5.74) is 7.79.